The molecule has 0 bridgehead atoms. The highest BCUT2D eigenvalue weighted by atomic mass is 19.4. The molecule has 0 aliphatic rings. The van der Waals surface area contributed by atoms with Crippen LogP contribution < -0.4 is 10.6 Å². The summed E-state index contributed by atoms with van der Waals surface area (Å²) in [5.74, 6) is -0.653. The monoisotopic (exact) mass is 404 g/mol. The Hall–Kier alpha value is -3.69. The summed E-state index contributed by atoms with van der Waals surface area (Å²) in [6.07, 6.45) is -1.29. The Kier molecular flexibility index (Phi) is 5.91. The molecule has 29 heavy (non-hydrogen) atoms. The molecule has 0 spiro atoms. The highest BCUT2D eigenvalue weighted by molar-refractivity contribution is 5.94. The number of nitrogens with zero attached hydrogens (tertiary/aromatic N) is 2. The van der Waals surface area contributed by atoms with Gasteiger partial charge in [0.2, 0.25) is 0 Å². The van der Waals surface area contributed by atoms with E-state index in [2.05, 4.69) is 20.8 Å². The van der Waals surface area contributed by atoms with E-state index in [1.54, 1.807) is 24.5 Å². The second-order valence-corrected chi connectivity index (χ2v) is 5.91. The van der Waals surface area contributed by atoms with Gasteiger partial charge in [0, 0.05) is 42.7 Å². The van der Waals surface area contributed by atoms with Gasteiger partial charge < -0.3 is 15.2 Å². The van der Waals surface area contributed by atoms with E-state index in [-0.39, 0.29) is 24.3 Å². The van der Waals surface area contributed by atoms with Crippen molar-refractivity contribution in [3.8, 4) is 11.3 Å². The Balaban J connectivity index is 1.46. The number of aromatic nitrogens is 2. The maximum atomic E-state index is 12.5. The van der Waals surface area contributed by atoms with Crippen molar-refractivity contribution in [1.29, 1.82) is 0 Å². The third kappa shape index (κ3) is 5.18. The van der Waals surface area contributed by atoms with Crippen LogP contribution in [0.5, 0.6) is 0 Å². The van der Waals surface area contributed by atoms with Gasteiger partial charge in [-0.3, -0.25) is 14.6 Å². The number of hydrogen-bond acceptors (Lipinski definition) is 5. The molecular weight excluding hydrogens is 389 g/mol. The first-order chi connectivity index (χ1) is 13.8. The second-order valence-electron chi connectivity index (χ2n) is 5.91. The third-order valence-electron chi connectivity index (χ3n) is 3.86. The molecule has 0 aliphatic carbocycles. The van der Waals surface area contributed by atoms with E-state index >= 15 is 0 Å². The maximum Gasteiger partial charge on any atom is 0.416 e. The highest BCUT2D eigenvalue weighted by Crippen LogP contribution is 2.29. The number of carbonyl (C=O) groups excluding carboxylic acids is 2. The van der Waals surface area contributed by atoms with Crippen molar-refractivity contribution in [2.45, 2.75) is 6.18 Å². The fourth-order valence-electron chi connectivity index (χ4n) is 2.38. The summed E-state index contributed by atoms with van der Waals surface area (Å²) in [5, 5.41) is 8.75. The molecule has 2 N–H and O–H groups in total. The number of rotatable bonds is 6. The van der Waals surface area contributed by atoms with Gasteiger partial charge in [-0.05, 0) is 36.4 Å². The first-order valence-electron chi connectivity index (χ1n) is 8.45. The van der Waals surface area contributed by atoms with E-state index in [1.807, 2.05) is 0 Å². The van der Waals surface area contributed by atoms with E-state index in [9.17, 15) is 22.8 Å². The molecule has 0 aliphatic heterocycles. The summed E-state index contributed by atoms with van der Waals surface area (Å²) in [6, 6.07) is 8.79. The summed E-state index contributed by atoms with van der Waals surface area (Å²) >= 11 is 0. The Morgan fingerprint density at radius 1 is 1.00 bits per heavy atom. The van der Waals surface area contributed by atoms with Crippen LogP contribution in [-0.4, -0.2) is 35.0 Å². The van der Waals surface area contributed by atoms with Crippen LogP contribution in [0.15, 0.2) is 59.4 Å². The number of carbonyl (C=O) groups is 2. The highest BCUT2D eigenvalue weighted by Gasteiger charge is 2.30. The molecule has 1 aromatic carbocycles. The summed E-state index contributed by atoms with van der Waals surface area (Å²) < 4.78 is 42.7. The predicted molar refractivity (Wildman–Crippen MR) is 95.8 cm³/mol. The van der Waals surface area contributed by atoms with E-state index in [1.165, 1.54) is 6.07 Å². The quantitative estimate of drug-likeness (QED) is 0.616. The lowest BCUT2D eigenvalue weighted by Gasteiger charge is -2.08. The van der Waals surface area contributed by atoms with E-state index in [0.29, 0.717) is 11.3 Å². The molecule has 2 heterocycles. The van der Waals surface area contributed by atoms with Gasteiger partial charge in [-0.25, -0.2) is 0 Å². The SMILES string of the molecule is O=C(NCCNC(=O)c1cc(-c2cccnc2)on1)c1ccc(C(F)(F)F)cc1. The number of benzene rings is 1. The van der Waals surface area contributed by atoms with Crippen LogP contribution in [0.2, 0.25) is 0 Å². The summed E-state index contributed by atoms with van der Waals surface area (Å²) in [4.78, 5) is 28.0. The largest absolute Gasteiger partial charge is 0.416 e. The van der Waals surface area contributed by atoms with Gasteiger partial charge in [0.25, 0.3) is 11.8 Å². The van der Waals surface area contributed by atoms with Crippen LogP contribution in [0.25, 0.3) is 11.3 Å². The Labute approximate surface area is 162 Å². The van der Waals surface area contributed by atoms with Gasteiger partial charge in [-0.2, -0.15) is 13.2 Å². The summed E-state index contributed by atoms with van der Waals surface area (Å²) in [6.45, 7) is 0.180. The first kappa shape index (κ1) is 20.1. The number of nitrogens with one attached hydrogen (secondary N) is 2. The lowest BCUT2D eigenvalue weighted by Crippen LogP contribution is -2.34. The summed E-state index contributed by atoms with van der Waals surface area (Å²) in [7, 11) is 0. The minimum atomic E-state index is -4.46. The van der Waals surface area contributed by atoms with Crippen molar-refractivity contribution in [3.63, 3.8) is 0 Å². The zero-order chi connectivity index (χ0) is 20.9. The minimum absolute atomic E-state index is 0.0675. The van der Waals surface area contributed by atoms with Crippen molar-refractivity contribution in [1.82, 2.24) is 20.8 Å². The standard InChI is InChI=1S/C19H15F3N4O3/c20-19(21,22)14-5-3-12(4-6-14)17(27)24-8-9-25-18(28)15-10-16(29-26-15)13-2-1-7-23-11-13/h1-7,10-11H,8-9H2,(H,24,27)(H,25,28). The van der Waals surface area contributed by atoms with Crippen molar-refractivity contribution >= 4 is 11.8 Å². The van der Waals surface area contributed by atoms with E-state index in [4.69, 9.17) is 4.52 Å². The average Bonchev–Trinajstić information content (AvgIpc) is 3.21. The van der Waals surface area contributed by atoms with Crippen LogP contribution >= 0.6 is 0 Å². The topological polar surface area (TPSA) is 97.1 Å². The van der Waals surface area contributed by atoms with Crippen molar-refractivity contribution in [3.05, 3.63) is 71.7 Å². The molecule has 2 aromatic heterocycles. The van der Waals surface area contributed by atoms with Crippen molar-refractivity contribution in [2.75, 3.05) is 13.1 Å². The lowest BCUT2D eigenvalue weighted by molar-refractivity contribution is -0.137. The van der Waals surface area contributed by atoms with Crippen LogP contribution in [0.4, 0.5) is 13.2 Å². The fraction of sp³-hybridized carbons (Fsp3) is 0.158. The molecule has 3 rings (SSSR count). The molecule has 3 aromatic rings. The Morgan fingerprint density at radius 2 is 1.69 bits per heavy atom. The van der Waals surface area contributed by atoms with Gasteiger partial charge in [0.1, 0.15) is 0 Å². The van der Waals surface area contributed by atoms with Crippen molar-refractivity contribution in [2.24, 2.45) is 0 Å². The zero-order valence-electron chi connectivity index (χ0n) is 14.9. The first-order valence-corrected chi connectivity index (χ1v) is 8.45. The zero-order valence-corrected chi connectivity index (χ0v) is 14.9. The molecule has 0 fully saturated rings. The fourth-order valence-corrected chi connectivity index (χ4v) is 2.38. The molecule has 2 amide bonds. The van der Waals surface area contributed by atoms with Gasteiger partial charge in [-0.15, -0.1) is 0 Å². The molecule has 0 atom stereocenters. The van der Waals surface area contributed by atoms with Crippen LogP contribution in [-0.2, 0) is 6.18 Å². The second kappa shape index (κ2) is 8.55. The van der Waals surface area contributed by atoms with Crippen molar-refractivity contribution < 1.29 is 27.3 Å². The molecule has 0 unspecified atom stereocenters. The van der Waals surface area contributed by atoms with Gasteiger partial charge in [0.15, 0.2) is 11.5 Å². The number of amides is 2. The van der Waals surface area contributed by atoms with Crippen LogP contribution in [0.3, 0.4) is 0 Å². The van der Waals surface area contributed by atoms with E-state index in [0.717, 1.165) is 24.3 Å². The smallest absolute Gasteiger partial charge is 0.355 e. The van der Waals surface area contributed by atoms with Gasteiger partial charge in [0.05, 0.1) is 5.56 Å². The number of alkyl halides is 3. The normalized spacial score (nSPS) is 11.1. The Morgan fingerprint density at radius 3 is 2.31 bits per heavy atom. The number of hydrogen-bond donors (Lipinski definition) is 2. The predicted octanol–water partition coefficient (Wildman–Crippen LogP) is 2.92. The number of pyridine rings is 1. The van der Waals surface area contributed by atoms with Gasteiger partial charge >= 0.3 is 6.18 Å². The molecule has 0 radical (unpaired) electrons. The molecule has 0 saturated carbocycles. The molecule has 150 valence electrons. The van der Waals surface area contributed by atoms with Crippen LogP contribution in [0, 0.1) is 0 Å². The summed E-state index contributed by atoms with van der Waals surface area (Å²) in [5.41, 5.74) is -0.0118. The van der Waals surface area contributed by atoms with Crippen LogP contribution in [0.1, 0.15) is 26.4 Å². The molecule has 10 heteroatoms. The molecule has 0 saturated heterocycles. The van der Waals surface area contributed by atoms with Gasteiger partial charge in [-0.1, -0.05) is 5.16 Å². The van der Waals surface area contributed by atoms with E-state index < -0.39 is 23.6 Å². The maximum absolute atomic E-state index is 12.5. The molecular formula is C19H15F3N4O3. The average molecular weight is 404 g/mol. The molecule has 7 nitrogen and oxygen atoms in total. The minimum Gasteiger partial charge on any atom is -0.355 e. The lowest BCUT2D eigenvalue weighted by atomic mass is 10.1. The Bertz CT molecular complexity index is 986. The number of halogens is 3. The third-order valence-corrected chi connectivity index (χ3v) is 3.86.